The Hall–Kier alpha value is -0.640. The first-order valence-corrected chi connectivity index (χ1v) is 5.88. The van der Waals surface area contributed by atoms with Crippen LogP contribution in [0.2, 0.25) is 5.02 Å². The van der Waals surface area contributed by atoms with Crippen molar-refractivity contribution in [3.8, 4) is 0 Å². The Labute approximate surface area is 99.6 Å². The number of aliphatic hydroxyl groups excluding tert-OH is 1. The Kier molecular flexibility index (Phi) is 3.47. The summed E-state index contributed by atoms with van der Waals surface area (Å²) in [5, 5.41) is 10.0. The molecule has 2 unspecified atom stereocenters. The molecule has 0 aromatic heterocycles. The number of nitrogens with zero attached hydrogens (tertiary/aromatic N) is 1. The molecule has 4 heteroatoms. The number of rotatable bonds is 2. The highest BCUT2D eigenvalue weighted by Gasteiger charge is 2.33. The number of likely N-dealkylation sites (tertiary alicyclic amines) is 1. The Morgan fingerprint density at radius 3 is 2.94 bits per heavy atom. The maximum atomic E-state index is 13.1. The molecule has 1 fully saturated rings. The number of halogens is 2. The van der Waals surface area contributed by atoms with Crippen molar-refractivity contribution in [3.63, 3.8) is 0 Å². The zero-order valence-electron chi connectivity index (χ0n) is 9.16. The van der Waals surface area contributed by atoms with Gasteiger partial charge in [-0.1, -0.05) is 24.6 Å². The van der Waals surface area contributed by atoms with Crippen molar-refractivity contribution in [1.29, 1.82) is 0 Å². The Morgan fingerprint density at radius 2 is 2.31 bits per heavy atom. The summed E-state index contributed by atoms with van der Waals surface area (Å²) in [5.41, 5.74) is 0.887. The van der Waals surface area contributed by atoms with Gasteiger partial charge in [-0.2, -0.15) is 0 Å². The monoisotopic (exact) mass is 243 g/mol. The first kappa shape index (κ1) is 11.8. The minimum atomic E-state index is -0.416. The molecule has 1 aromatic rings. The van der Waals surface area contributed by atoms with Crippen LogP contribution in [0.4, 0.5) is 4.39 Å². The first-order chi connectivity index (χ1) is 7.63. The molecule has 0 spiro atoms. The van der Waals surface area contributed by atoms with Crippen molar-refractivity contribution in [1.82, 2.24) is 4.90 Å². The molecule has 0 saturated carbocycles. The van der Waals surface area contributed by atoms with Gasteiger partial charge < -0.3 is 5.11 Å². The normalized spacial score (nSPS) is 26.2. The molecule has 1 saturated heterocycles. The molecule has 2 atom stereocenters. The lowest BCUT2D eigenvalue weighted by atomic mass is 10.0. The molecule has 1 N–H and O–H groups in total. The standard InChI is InChI=1S/C12H15ClFNO/c1-2-15-6-5-11(16)12(15)8-3-4-10(14)9(13)7-8/h3-4,7,11-12,16H,2,5-6H2,1H3. The Morgan fingerprint density at radius 1 is 1.56 bits per heavy atom. The molecule has 0 bridgehead atoms. The molecular weight excluding hydrogens is 229 g/mol. The minimum absolute atomic E-state index is 0.0527. The summed E-state index contributed by atoms with van der Waals surface area (Å²) in [6.07, 6.45) is 0.370. The molecule has 88 valence electrons. The van der Waals surface area contributed by atoms with Crippen LogP contribution >= 0.6 is 11.6 Å². The number of likely N-dealkylation sites (N-methyl/N-ethyl adjacent to an activating group) is 1. The smallest absolute Gasteiger partial charge is 0.141 e. The quantitative estimate of drug-likeness (QED) is 0.863. The topological polar surface area (TPSA) is 23.5 Å². The molecular formula is C12H15ClFNO. The summed E-state index contributed by atoms with van der Waals surface area (Å²) in [6, 6.07) is 4.61. The van der Waals surface area contributed by atoms with Crippen LogP contribution in [0, 0.1) is 5.82 Å². The summed E-state index contributed by atoms with van der Waals surface area (Å²) in [7, 11) is 0. The van der Waals surface area contributed by atoms with Gasteiger partial charge in [0.05, 0.1) is 17.2 Å². The SMILES string of the molecule is CCN1CCC(O)C1c1ccc(F)c(Cl)c1. The molecule has 2 nitrogen and oxygen atoms in total. The van der Waals surface area contributed by atoms with E-state index in [1.807, 2.05) is 0 Å². The average Bonchev–Trinajstić information content (AvgIpc) is 2.64. The summed E-state index contributed by atoms with van der Waals surface area (Å²) >= 11 is 5.76. The fourth-order valence-electron chi connectivity index (χ4n) is 2.32. The van der Waals surface area contributed by atoms with Gasteiger partial charge >= 0.3 is 0 Å². The number of benzene rings is 1. The highest BCUT2D eigenvalue weighted by Crippen LogP contribution is 2.33. The van der Waals surface area contributed by atoms with Gasteiger partial charge in [-0.25, -0.2) is 4.39 Å². The predicted molar refractivity (Wildman–Crippen MR) is 62.0 cm³/mol. The van der Waals surface area contributed by atoms with Crippen LogP contribution in [0.25, 0.3) is 0 Å². The van der Waals surface area contributed by atoms with Gasteiger partial charge in [0.2, 0.25) is 0 Å². The summed E-state index contributed by atoms with van der Waals surface area (Å²) in [4.78, 5) is 2.17. The minimum Gasteiger partial charge on any atom is -0.391 e. The van der Waals surface area contributed by atoms with E-state index in [1.54, 1.807) is 12.1 Å². The third kappa shape index (κ3) is 2.08. The maximum absolute atomic E-state index is 13.1. The zero-order valence-corrected chi connectivity index (χ0v) is 9.91. The van der Waals surface area contributed by atoms with Crippen LogP contribution in [-0.4, -0.2) is 29.2 Å². The molecule has 0 aliphatic carbocycles. The van der Waals surface area contributed by atoms with E-state index in [0.29, 0.717) is 0 Å². The fraction of sp³-hybridized carbons (Fsp3) is 0.500. The van der Waals surface area contributed by atoms with E-state index in [-0.39, 0.29) is 17.2 Å². The summed E-state index contributed by atoms with van der Waals surface area (Å²) < 4.78 is 13.1. The molecule has 1 aliphatic rings. The molecule has 0 amide bonds. The van der Waals surface area contributed by atoms with Crippen molar-refractivity contribution in [2.24, 2.45) is 0 Å². The van der Waals surface area contributed by atoms with Crippen molar-refractivity contribution < 1.29 is 9.50 Å². The van der Waals surface area contributed by atoms with E-state index >= 15 is 0 Å². The molecule has 2 rings (SSSR count). The van der Waals surface area contributed by atoms with E-state index in [4.69, 9.17) is 11.6 Å². The molecule has 0 radical (unpaired) electrons. The summed E-state index contributed by atoms with van der Waals surface area (Å²) in [6.45, 7) is 3.80. The van der Waals surface area contributed by atoms with Crippen LogP contribution in [-0.2, 0) is 0 Å². The van der Waals surface area contributed by atoms with Crippen LogP contribution in [0.1, 0.15) is 24.9 Å². The van der Waals surface area contributed by atoms with Gasteiger partial charge in [0.25, 0.3) is 0 Å². The lowest BCUT2D eigenvalue weighted by molar-refractivity contribution is 0.119. The van der Waals surface area contributed by atoms with Crippen molar-refractivity contribution in [3.05, 3.63) is 34.6 Å². The van der Waals surface area contributed by atoms with Crippen molar-refractivity contribution in [2.75, 3.05) is 13.1 Å². The van der Waals surface area contributed by atoms with E-state index in [2.05, 4.69) is 11.8 Å². The van der Waals surface area contributed by atoms with Crippen molar-refractivity contribution >= 4 is 11.6 Å². The predicted octanol–water partition coefficient (Wildman–Crippen LogP) is 2.61. The third-order valence-corrected chi connectivity index (χ3v) is 3.45. The highest BCUT2D eigenvalue weighted by molar-refractivity contribution is 6.30. The first-order valence-electron chi connectivity index (χ1n) is 5.50. The van der Waals surface area contributed by atoms with Gasteiger partial charge in [-0.3, -0.25) is 4.90 Å². The Bertz CT molecular complexity index is 385. The van der Waals surface area contributed by atoms with Crippen LogP contribution in [0.15, 0.2) is 18.2 Å². The lowest BCUT2D eigenvalue weighted by Crippen LogP contribution is -2.27. The van der Waals surface area contributed by atoms with Gasteiger partial charge in [-0.15, -0.1) is 0 Å². The molecule has 1 heterocycles. The molecule has 1 aromatic carbocycles. The highest BCUT2D eigenvalue weighted by atomic mass is 35.5. The number of aliphatic hydroxyl groups is 1. The second-order valence-corrected chi connectivity index (χ2v) is 4.51. The lowest BCUT2D eigenvalue weighted by Gasteiger charge is -2.25. The fourth-order valence-corrected chi connectivity index (χ4v) is 2.51. The average molecular weight is 244 g/mol. The Balaban J connectivity index is 2.31. The second kappa shape index (κ2) is 4.70. The van der Waals surface area contributed by atoms with Gasteiger partial charge in [0.15, 0.2) is 0 Å². The van der Waals surface area contributed by atoms with Gasteiger partial charge in [0.1, 0.15) is 5.82 Å². The van der Waals surface area contributed by atoms with E-state index in [1.165, 1.54) is 6.07 Å². The van der Waals surface area contributed by atoms with Gasteiger partial charge in [-0.05, 0) is 30.7 Å². The van der Waals surface area contributed by atoms with Crippen molar-refractivity contribution in [2.45, 2.75) is 25.5 Å². The maximum Gasteiger partial charge on any atom is 0.141 e. The zero-order chi connectivity index (χ0) is 11.7. The van der Waals surface area contributed by atoms with Crippen LogP contribution in [0.5, 0.6) is 0 Å². The second-order valence-electron chi connectivity index (χ2n) is 4.10. The molecule has 16 heavy (non-hydrogen) atoms. The van der Waals surface area contributed by atoms with E-state index in [9.17, 15) is 9.50 Å². The number of hydrogen-bond donors (Lipinski definition) is 1. The number of hydrogen-bond acceptors (Lipinski definition) is 2. The third-order valence-electron chi connectivity index (χ3n) is 3.16. The summed E-state index contributed by atoms with van der Waals surface area (Å²) in [5.74, 6) is -0.416. The van der Waals surface area contributed by atoms with Crippen LogP contribution in [0.3, 0.4) is 0 Å². The molecule has 1 aliphatic heterocycles. The van der Waals surface area contributed by atoms with E-state index in [0.717, 1.165) is 25.1 Å². The van der Waals surface area contributed by atoms with Gasteiger partial charge in [0, 0.05) is 6.54 Å². The van der Waals surface area contributed by atoms with Crippen LogP contribution < -0.4 is 0 Å². The largest absolute Gasteiger partial charge is 0.391 e. The van der Waals surface area contributed by atoms with E-state index < -0.39 is 5.82 Å².